The molecular formula is C14H18FN3. The van der Waals surface area contributed by atoms with Crippen LogP contribution in [-0.2, 0) is 13.0 Å². The van der Waals surface area contributed by atoms with E-state index in [1.54, 1.807) is 12.1 Å². The molecule has 1 heterocycles. The molecule has 0 saturated carbocycles. The average molecular weight is 247 g/mol. The van der Waals surface area contributed by atoms with Gasteiger partial charge >= 0.3 is 0 Å². The van der Waals surface area contributed by atoms with Gasteiger partial charge in [-0.1, -0.05) is 12.1 Å². The van der Waals surface area contributed by atoms with E-state index in [9.17, 15) is 4.39 Å². The molecule has 1 aromatic heterocycles. The molecule has 0 bridgehead atoms. The minimum Gasteiger partial charge on any atom is -0.322 e. The number of aryl methyl sites for hydroxylation is 2. The molecule has 2 aromatic rings. The van der Waals surface area contributed by atoms with Crippen molar-refractivity contribution in [1.82, 2.24) is 9.78 Å². The summed E-state index contributed by atoms with van der Waals surface area (Å²) in [5.41, 5.74) is 9.23. The van der Waals surface area contributed by atoms with Gasteiger partial charge in [-0.05, 0) is 44.0 Å². The normalized spacial score (nSPS) is 12.7. The van der Waals surface area contributed by atoms with Crippen molar-refractivity contribution < 1.29 is 4.39 Å². The van der Waals surface area contributed by atoms with E-state index in [2.05, 4.69) is 5.10 Å². The Labute approximate surface area is 106 Å². The zero-order chi connectivity index (χ0) is 13.1. The molecule has 18 heavy (non-hydrogen) atoms. The van der Waals surface area contributed by atoms with E-state index < -0.39 is 0 Å². The van der Waals surface area contributed by atoms with Gasteiger partial charge in [0.15, 0.2) is 0 Å². The van der Waals surface area contributed by atoms with E-state index in [4.69, 9.17) is 5.73 Å². The second-order valence-electron chi connectivity index (χ2n) is 4.46. The van der Waals surface area contributed by atoms with Gasteiger partial charge in [-0.25, -0.2) is 4.39 Å². The number of rotatable bonds is 4. The van der Waals surface area contributed by atoms with Crippen LogP contribution >= 0.6 is 0 Å². The standard InChI is InChI=1S/C14H18FN3/c1-3-18-14(8-10(2)17-18)13(16)9-11-4-6-12(15)7-5-11/h4-8,13H,3,9,16H2,1-2H3. The van der Waals surface area contributed by atoms with E-state index in [1.165, 1.54) is 12.1 Å². The lowest BCUT2D eigenvalue weighted by Gasteiger charge is -2.13. The van der Waals surface area contributed by atoms with E-state index in [-0.39, 0.29) is 11.9 Å². The minimum absolute atomic E-state index is 0.114. The molecule has 1 aromatic carbocycles. The van der Waals surface area contributed by atoms with Crippen molar-refractivity contribution in [2.24, 2.45) is 5.73 Å². The highest BCUT2D eigenvalue weighted by molar-refractivity contribution is 5.21. The molecular weight excluding hydrogens is 229 g/mol. The first-order valence-electron chi connectivity index (χ1n) is 6.14. The van der Waals surface area contributed by atoms with Crippen LogP contribution in [0.3, 0.4) is 0 Å². The van der Waals surface area contributed by atoms with E-state index in [0.29, 0.717) is 6.42 Å². The predicted molar refractivity (Wildman–Crippen MR) is 69.7 cm³/mol. The van der Waals surface area contributed by atoms with Gasteiger partial charge in [0, 0.05) is 6.54 Å². The van der Waals surface area contributed by atoms with Crippen LogP contribution in [0.15, 0.2) is 30.3 Å². The molecule has 0 aliphatic rings. The van der Waals surface area contributed by atoms with Gasteiger partial charge < -0.3 is 5.73 Å². The molecule has 1 atom stereocenters. The van der Waals surface area contributed by atoms with Crippen LogP contribution in [0.1, 0.15) is 29.9 Å². The summed E-state index contributed by atoms with van der Waals surface area (Å²) in [5, 5.41) is 4.38. The third-order valence-corrected chi connectivity index (χ3v) is 2.98. The van der Waals surface area contributed by atoms with Crippen LogP contribution in [-0.4, -0.2) is 9.78 Å². The molecule has 0 amide bonds. The monoisotopic (exact) mass is 247 g/mol. The predicted octanol–water partition coefficient (Wildman–Crippen LogP) is 2.59. The first kappa shape index (κ1) is 12.8. The molecule has 0 aliphatic heterocycles. The van der Waals surface area contributed by atoms with Crippen molar-refractivity contribution in [2.45, 2.75) is 32.9 Å². The fraction of sp³-hybridized carbons (Fsp3) is 0.357. The maximum atomic E-state index is 12.8. The Hall–Kier alpha value is -1.68. The Kier molecular flexibility index (Phi) is 3.77. The highest BCUT2D eigenvalue weighted by Gasteiger charge is 2.13. The largest absolute Gasteiger partial charge is 0.322 e. The highest BCUT2D eigenvalue weighted by atomic mass is 19.1. The molecule has 0 saturated heterocycles. The van der Waals surface area contributed by atoms with Crippen molar-refractivity contribution >= 4 is 0 Å². The number of benzene rings is 1. The van der Waals surface area contributed by atoms with Crippen LogP contribution in [0.2, 0.25) is 0 Å². The topological polar surface area (TPSA) is 43.8 Å². The van der Waals surface area contributed by atoms with Crippen LogP contribution < -0.4 is 5.73 Å². The Balaban J connectivity index is 2.16. The van der Waals surface area contributed by atoms with Gasteiger partial charge in [0.05, 0.1) is 17.4 Å². The van der Waals surface area contributed by atoms with Crippen LogP contribution in [0.25, 0.3) is 0 Å². The summed E-state index contributed by atoms with van der Waals surface area (Å²) in [7, 11) is 0. The first-order chi connectivity index (χ1) is 8.60. The quantitative estimate of drug-likeness (QED) is 0.902. The zero-order valence-electron chi connectivity index (χ0n) is 10.7. The minimum atomic E-state index is -0.221. The van der Waals surface area contributed by atoms with Crippen molar-refractivity contribution in [3.05, 3.63) is 53.1 Å². The molecule has 0 spiro atoms. The maximum absolute atomic E-state index is 12.8. The first-order valence-corrected chi connectivity index (χ1v) is 6.14. The summed E-state index contributed by atoms with van der Waals surface area (Å²) in [6, 6.07) is 8.37. The Morgan fingerprint density at radius 3 is 2.61 bits per heavy atom. The summed E-state index contributed by atoms with van der Waals surface area (Å²) < 4.78 is 14.7. The molecule has 4 heteroatoms. The van der Waals surface area contributed by atoms with Crippen molar-refractivity contribution in [3.8, 4) is 0 Å². The number of nitrogens with zero attached hydrogens (tertiary/aromatic N) is 2. The zero-order valence-corrected chi connectivity index (χ0v) is 10.7. The molecule has 96 valence electrons. The number of halogens is 1. The smallest absolute Gasteiger partial charge is 0.123 e. The summed E-state index contributed by atoms with van der Waals surface area (Å²) in [6.45, 7) is 4.81. The number of hydrogen-bond acceptors (Lipinski definition) is 2. The Bertz CT molecular complexity index is 516. The summed E-state index contributed by atoms with van der Waals surface area (Å²) >= 11 is 0. The van der Waals surface area contributed by atoms with Crippen molar-refractivity contribution in [2.75, 3.05) is 0 Å². The fourth-order valence-electron chi connectivity index (χ4n) is 2.10. The van der Waals surface area contributed by atoms with E-state index in [1.807, 2.05) is 24.6 Å². The van der Waals surface area contributed by atoms with Crippen LogP contribution in [0.5, 0.6) is 0 Å². The fourth-order valence-corrected chi connectivity index (χ4v) is 2.10. The molecule has 0 fully saturated rings. The summed E-state index contributed by atoms with van der Waals surface area (Å²) in [4.78, 5) is 0. The Morgan fingerprint density at radius 1 is 1.33 bits per heavy atom. The van der Waals surface area contributed by atoms with Gasteiger partial charge in [-0.3, -0.25) is 4.68 Å². The summed E-state index contributed by atoms with van der Waals surface area (Å²) in [5.74, 6) is -0.221. The second kappa shape index (κ2) is 5.31. The SMILES string of the molecule is CCn1nc(C)cc1C(N)Cc1ccc(F)cc1. The van der Waals surface area contributed by atoms with Gasteiger partial charge in [-0.2, -0.15) is 5.10 Å². The second-order valence-corrected chi connectivity index (χ2v) is 4.46. The maximum Gasteiger partial charge on any atom is 0.123 e. The number of aromatic nitrogens is 2. The summed E-state index contributed by atoms with van der Waals surface area (Å²) in [6.07, 6.45) is 0.686. The molecule has 0 radical (unpaired) electrons. The number of hydrogen-bond donors (Lipinski definition) is 1. The molecule has 2 rings (SSSR count). The lowest BCUT2D eigenvalue weighted by molar-refractivity contribution is 0.565. The van der Waals surface area contributed by atoms with Crippen LogP contribution in [0, 0.1) is 12.7 Å². The lowest BCUT2D eigenvalue weighted by atomic mass is 10.0. The third kappa shape index (κ3) is 2.76. The third-order valence-electron chi connectivity index (χ3n) is 2.98. The van der Waals surface area contributed by atoms with Gasteiger partial charge in [-0.15, -0.1) is 0 Å². The number of nitrogens with two attached hydrogens (primary N) is 1. The van der Waals surface area contributed by atoms with Gasteiger partial charge in [0.1, 0.15) is 5.82 Å². The highest BCUT2D eigenvalue weighted by Crippen LogP contribution is 2.17. The van der Waals surface area contributed by atoms with Gasteiger partial charge in [0.25, 0.3) is 0 Å². The molecule has 3 nitrogen and oxygen atoms in total. The van der Waals surface area contributed by atoms with Crippen LogP contribution in [0.4, 0.5) is 4.39 Å². The molecule has 2 N–H and O–H groups in total. The van der Waals surface area contributed by atoms with Crippen molar-refractivity contribution in [1.29, 1.82) is 0 Å². The molecule has 1 unspecified atom stereocenters. The Morgan fingerprint density at radius 2 is 2.00 bits per heavy atom. The lowest BCUT2D eigenvalue weighted by Crippen LogP contribution is -2.18. The van der Waals surface area contributed by atoms with E-state index in [0.717, 1.165) is 23.5 Å². The van der Waals surface area contributed by atoms with Crippen molar-refractivity contribution in [3.63, 3.8) is 0 Å². The molecule has 0 aliphatic carbocycles. The average Bonchev–Trinajstić information content (AvgIpc) is 2.73. The van der Waals surface area contributed by atoms with E-state index >= 15 is 0 Å². The van der Waals surface area contributed by atoms with Gasteiger partial charge in [0.2, 0.25) is 0 Å².